The van der Waals surface area contributed by atoms with Crippen molar-refractivity contribution in [2.75, 3.05) is 31.6 Å². The monoisotopic (exact) mass is 282 g/mol. The molecule has 19 heavy (non-hydrogen) atoms. The molecule has 5 heteroatoms. The number of nitrogens with zero attached hydrogens (tertiary/aromatic N) is 1. The number of hydrogen-bond donors (Lipinski definition) is 1. The van der Waals surface area contributed by atoms with Crippen LogP contribution in [0.5, 0.6) is 0 Å². The van der Waals surface area contributed by atoms with Crippen LogP contribution in [0.25, 0.3) is 0 Å². The first kappa shape index (κ1) is 14.5. The van der Waals surface area contributed by atoms with E-state index < -0.39 is 9.84 Å². The van der Waals surface area contributed by atoms with Crippen LogP contribution in [-0.2, 0) is 22.9 Å². The Balaban J connectivity index is 2.04. The summed E-state index contributed by atoms with van der Waals surface area (Å²) < 4.78 is 23.2. The maximum absolute atomic E-state index is 11.6. The van der Waals surface area contributed by atoms with Crippen molar-refractivity contribution in [1.29, 1.82) is 0 Å². The first-order chi connectivity index (χ1) is 9.11. The third-order valence-corrected chi connectivity index (χ3v) is 5.24. The molecule has 106 valence electrons. The molecule has 1 saturated heterocycles. The van der Waals surface area contributed by atoms with Crippen molar-refractivity contribution < 1.29 is 8.42 Å². The molecule has 2 rings (SSSR count). The topological polar surface area (TPSA) is 49.4 Å². The molecule has 0 radical (unpaired) electrons. The Morgan fingerprint density at radius 1 is 1.16 bits per heavy atom. The Morgan fingerprint density at radius 3 is 2.63 bits per heavy atom. The Morgan fingerprint density at radius 2 is 1.89 bits per heavy atom. The molecule has 0 atom stereocenters. The minimum absolute atomic E-state index is 0.293. The van der Waals surface area contributed by atoms with Crippen LogP contribution in [0.4, 0.5) is 0 Å². The fraction of sp³-hybridized carbons (Fsp3) is 0.571. The van der Waals surface area contributed by atoms with Crippen LogP contribution in [0, 0.1) is 0 Å². The molecule has 0 saturated carbocycles. The average Bonchev–Trinajstić information content (AvgIpc) is 2.54. The molecule has 1 aliphatic heterocycles. The van der Waals surface area contributed by atoms with Gasteiger partial charge in [-0.15, -0.1) is 0 Å². The third-order valence-electron chi connectivity index (χ3n) is 3.53. The Bertz CT molecular complexity index is 514. The average molecular weight is 282 g/mol. The van der Waals surface area contributed by atoms with Crippen molar-refractivity contribution in [2.24, 2.45) is 0 Å². The molecular weight excluding hydrogens is 260 g/mol. The molecule has 1 heterocycles. The fourth-order valence-corrected chi connectivity index (χ4v) is 3.77. The van der Waals surface area contributed by atoms with Crippen molar-refractivity contribution in [3.63, 3.8) is 0 Å². The lowest BCUT2D eigenvalue weighted by atomic mass is 10.1. The van der Waals surface area contributed by atoms with Crippen molar-refractivity contribution >= 4 is 9.84 Å². The number of benzene rings is 1. The number of rotatable bonds is 4. The molecule has 1 fully saturated rings. The summed E-state index contributed by atoms with van der Waals surface area (Å²) in [6, 6.07) is 8.35. The molecule has 0 aromatic heterocycles. The van der Waals surface area contributed by atoms with Gasteiger partial charge in [0.1, 0.15) is 0 Å². The molecule has 0 bridgehead atoms. The maximum atomic E-state index is 11.6. The molecular formula is C14H22N2O2S. The van der Waals surface area contributed by atoms with E-state index in [2.05, 4.69) is 22.3 Å². The van der Waals surface area contributed by atoms with E-state index in [4.69, 9.17) is 0 Å². The standard InChI is InChI=1S/C14H22N2O2S/c1-15-11-13-5-2-3-6-14(13)12-16-7-4-9-19(17,18)10-8-16/h2-3,5-6,15H,4,7-12H2,1H3. The predicted molar refractivity (Wildman–Crippen MR) is 77.8 cm³/mol. The van der Waals surface area contributed by atoms with Gasteiger partial charge in [-0.1, -0.05) is 24.3 Å². The SMILES string of the molecule is CNCc1ccccc1CN1CCCS(=O)(=O)CC1. The molecule has 1 aromatic carbocycles. The zero-order valence-electron chi connectivity index (χ0n) is 11.4. The first-order valence-electron chi connectivity index (χ1n) is 6.75. The van der Waals surface area contributed by atoms with Gasteiger partial charge in [-0.05, 0) is 31.1 Å². The quantitative estimate of drug-likeness (QED) is 0.896. The number of nitrogens with one attached hydrogen (secondary N) is 1. The van der Waals surface area contributed by atoms with Crippen molar-refractivity contribution in [3.8, 4) is 0 Å². The minimum Gasteiger partial charge on any atom is -0.316 e. The predicted octanol–water partition coefficient (Wildman–Crippen LogP) is 1.03. The van der Waals surface area contributed by atoms with Crippen LogP contribution in [0.2, 0.25) is 0 Å². The van der Waals surface area contributed by atoms with Gasteiger partial charge in [-0.2, -0.15) is 0 Å². The second-order valence-electron chi connectivity index (χ2n) is 5.08. The smallest absolute Gasteiger partial charge is 0.151 e. The van der Waals surface area contributed by atoms with Gasteiger partial charge in [0.05, 0.1) is 11.5 Å². The largest absolute Gasteiger partial charge is 0.316 e. The number of sulfone groups is 1. The summed E-state index contributed by atoms with van der Waals surface area (Å²) in [7, 11) is -0.879. The van der Waals surface area contributed by atoms with Gasteiger partial charge in [0, 0.05) is 19.6 Å². The van der Waals surface area contributed by atoms with Crippen molar-refractivity contribution in [2.45, 2.75) is 19.5 Å². The summed E-state index contributed by atoms with van der Waals surface area (Å²) in [4.78, 5) is 2.25. The first-order valence-corrected chi connectivity index (χ1v) is 8.57. The van der Waals surface area contributed by atoms with Gasteiger partial charge in [-0.3, -0.25) is 4.90 Å². The van der Waals surface area contributed by atoms with Gasteiger partial charge in [0.15, 0.2) is 9.84 Å². The van der Waals surface area contributed by atoms with Gasteiger partial charge in [0.2, 0.25) is 0 Å². The molecule has 1 aliphatic rings. The van der Waals surface area contributed by atoms with Crippen LogP contribution >= 0.6 is 0 Å². The van der Waals surface area contributed by atoms with E-state index in [1.54, 1.807) is 0 Å². The molecule has 0 spiro atoms. The molecule has 4 nitrogen and oxygen atoms in total. The van der Waals surface area contributed by atoms with Crippen LogP contribution in [-0.4, -0.2) is 45.0 Å². The highest BCUT2D eigenvalue weighted by Gasteiger charge is 2.19. The van der Waals surface area contributed by atoms with E-state index in [-0.39, 0.29) is 0 Å². The van der Waals surface area contributed by atoms with E-state index in [1.165, 1.54) is 11.1 Å². The summed E-state index contributed by atoms with van der Waals surface area (Å²) in [6.45, 7) is 3.21. The second-order valence-corrected chi connectivity index (χ2v) is 7.38. The Kier molecular flexibility index (Phi) is 4.96. The van der Waals surface area contributed by atoms with Crippen LogP contribution in [0.3, 0.4) is 0 Å². The lowest BCUT2D eigenvalue weighted by Crippen LogP contribution is -2.27. The summed E-state index contributed by atoms with van der Waals surface area (Å²) in [5, 5.41) is 3.17. The summed E-state index contributed by atoms with van der Waals surface area (Å²) in [6.07, 6.45) is 0.747. The van der Waals surface area contributed by atoms with Crippen molar-refractivity contribution in [1.82, 2.24) is 10.2 Å². The van der Waals surface area contributed by atoms with E-state index in [9.17, 15) is 8.42 Å². The highest BCUT2D eigenvalue weighted by atomic mass is 32.2. The highest BCUT2D eigenvalue weighted by molar-refractivity contribution is 7.91. The molecule has 1 N–H and O–H groups in total. The van der Waals surface area contributed by atoms with Gasteiger partial charge >= 0.3 is 0 Å². The van der Waals surface area contributed by atoms with E-state index in [0.29, 0.717) is 18.1 Å². The van der Waals surface area contributed by atoms with Crippen molar-refractivity contribution in [3.05, 3.63) is 35.4 Å². The van der Waals surface area contributed by atoms with Gasteiger partial charge in [-0.25, -0.2) is 8.42 Å². The molecule has 1 aromatic rings. The van der Waals surface area contributed by atoms with E-state index in [0.717, 1.165) is 26.1 Å². The van der Waals surface area contributed by atoms with Crippen LogP contribution < -0.4 is 5.32 Å². The fourth-order valence-electron chi connectivity index (χ4n) is 2.46. The minimum atomic E-state index is -2.82. The second kappa shape index (κ2) is 6.50. The zero-order chi connectivity index (χ0) is 13.7. The summed E-state index contributed by atoms with van der Waals surface area (Å²) in [5.74, 6) is 0.628. The number of hydrogen-bond acceptors (Lipinski definition) is 4. The van der Waals surface area contributed by atoms with Crippen LogP contribution in [0.1, 0.15) is 17.5 Å². The van der Waals surface area contributed by atoms with Gasteiger partial charge in [0.25, 0.3) is 0 Å². The molecule has 0 amide bonds. The normalized spacial score (nSPS) is 20.1. The summed E-state index contributed by atoms with van der Waals surface area (Å²) >= 11 is 0. The maximum Gasteiger partial charge on any atom is 0.151 e. The molecule has 0 aliphatic carbocycles. The summed E-state index contributed by atoms with van der Waals surface area (Å²) in [5.41, 5.74) is 2.58. The molecule has 0 unspecified atom stereocenters. The van der Waals surface area contributed by atoms with E-state index >= 15 is 0 Å². The van der Waals surface area contributed by atoms with E-state index in [1.807, 2.05) is 19.2 Å². The third kappa shape index (κ3) is 4.30. The Labute approximate surface area is 115 Å². The lowest BCUT2D eigenvalue weighted by Gasteiger charge is -2.21. The van der Waals surface area contributed by atoms with Crippen LogP contribution in [0.15, 0.2) is 24.3 Å². The zero-order valence-corrected chi connectivity index (χ0v) is 12.2. The highest BCUT2D eigenvalue weighted by Crippen LogP contribution is 2.14. The Hall–Kier alpha value is -0.910. The van der Waals surface area contributed by atoms with Gasteiger partial charge < -0.3 is 5.32 Å². The lowest BCUT2D eigenvalue weighted by molar-refractivity contribution is 0.286.